The van der Waals surface area contributed by atoms with Crippen molar-refractivity contribution in [3.8, 4) is 5.75 Å². The van der Waals surface area contributed by atoms with Crippen LogP contribution in [0.5, 0.6) is 5.75 Å². The number of anilines is 1. The fraction of sp³-hybridized carbons (Fsp3) is 0.417. The standard InChI is InChI=1S/C12H13F3N2O7S2/c13-12(14,15)24-8-1-2-9(11(18)19)10(7-8)16-26(22,23)17-3-5-25(20,21)6-4-17/h1-2,7,16H,3-6H2,(H,18,19). The average molecular weight is 418 g/mol. The van der Waals surface area contributed by atoms with Crippen LogP contribution in [0.3, 0.4) is 0 Å². The van der Waals surface area contributed by atoms with Gasteiger partial charge in [-0.3, -0.25) is 4.72 Å². The maximum absolute atomic E-state index is 12.3. The van der Waals surface area contributed by atoms with Gasteiger partial charge in [0.25, 0.3) is 0 Å². The zero-order chi connectivity index (χ0) is 19.8. The fourth-order valence-electron chi connectivity index (χ4n) is 2.13. The van der Waals surface area contributed by atoms with E-state index in [1.807, 2.05) is 4.72 Å². The van der Waals surface area contributed by atoms with Gasteiger partial charge in [-0.1, -0.05) is 0 Å². The minimum absolute atomic E-state index is 0.362. The van der Waals surface area contributed by atoms with Gasteiger partial charge in [-0.2, -0.15) is 12.7 Å². The van der Waals surface area contributed by atoms with Crippen molar-refractivity contribution < 1.29 is 44.6 Å². The highest BCUT2D eigenvalue weighted by atomic mass is 32.2. The highest BCUT2D eigenvalue weighted by Crippen LogP contribution is 2.29. The van der Waals surface area contributed by atoms with E-state index in [-0.39, 0.29) is 13.1 Å². The summed E-state index contributed by atoms with van der Waals surface area (Å²) >= 11 is 0. The third-order valence-corrected chi connectivity index (χ3v) is 6.47. The van der Waals surface area contributed by atoms with E-state index in [2.05, 4.69) is 4.74 Å². The number of nitrogens with one attached hydrogen (secondary N) is 1. The number of nitrogens with zero attached hydrogens (tertiary/aromatic N) is 1. The quantitative estimate of drug-likeness (QED) is 0.719. The summed E-state index contributed by atoms with van der Waals surface area (Å²) in [7, 11) is -7.75. The van der Waals surface area contributed by atoms with Gasteiger partial charge in [0.15, 0.2) is 9.84 Å². The predicted molar refractivity (Wildman–Crippen MR) is 82.9 cm³/mol. The number of carbonyl (C=O) groups is 1. The summed E-state index contributed by atoms with van der Waals surface area (Å²) in [4.78, 5) is 11.2. The van der Waals surface area contributed by atoms with Gasteiger partial charge in [0, 0.05) is 19.2 Å². The van der Waals surface area contributed by atoms with Gasteiger partial charge in [0.1, 0.15) is 5.75 Å². The number of aromatic carboxylic acids is 1. The molecular weight excluding hydrogens is 405 g/mol. The molecule has 1 saturated heterocycles. The molecule has 1 aromatic rings. The maximum Gasteiger partial charge on any atom is 0.573 e. The molecule has 2 N–H and O–H groups in total. The normalized spacial score (nSPS) is 18.3. The van der Waals surface area contributed by atoms with Crippen molar-refractivity contribution in [1.29, 1.82) is 0 Å². The number of carboxylic acid groups (broad SMARTS) is 1. The monoisotopic (exact) mass is 418 g/mol. The Kier molecular flexibility index (Phi) is 5.39. The lowest BCUT2D eigenvalue weighted by Crippen LogP contribution is -2.46. The summed E-state index contributed by atoms with van der Waals surface area (Å²) < 4.78 is 90.5. The van der Waals surface area contributed by atoms with E-state index in [0.29, 0.717) is 6.07 Å². The molecule has 146 valence electrons. The first kappa shape index (κ1) is 20.3. The maximum atomic E-state index is 12.3. The number of hydrogen-bond donors (Lipinski definition) is 2. The number of alkyl halides is 3. The lowest BCUT2D eigenvalue weighted by Gasteiger charge is -2.26. The third-order valence-electron chi connectivity index (χ3n) is 3.34. The van der Waals surface area contributed by atoms with E-state index in [1.165, 1.54) is 0 Å². The van der Waals surface area contributed by atoms with E-state index in [1.54, 1.807) is 0 Å². The van der Waals surface area contributed by atoms with Gasteiger partial charge >= 0.3 is 22.5 Å². The molecular formula is C12H13F3N2O7S2. The third kappa shape index (κ3) is 5.22. The molecule has 1 aliphatic rings. The minimum Gasteiger partial charge on any atom is -0.478 e. The van der Waals surface area contributed by atoms with E-state index in [9.17, 15) is 34.8 Å². The summed E-state index contributed by atoms with van der Waals surface area (Å²) in [6.45, 7) is -0.725. The zero-order valence-corrected chi connectivity index (χ0v) is 14.5. The number of ether oxygens (including phenoxy) is 1. The Morgan fingerprint density at radius 1 is 1.23 bits per heavy atom. The molecule has 0 spiro atoms. The molecule has 0 radical (unpaired) electrons. The van der Waals surface area contributed by atoms with Gasteiger partial charge in [-0.25, -0.2) is 13.2 Å². The first-order chi connectivity index (χ1) is 11.8. The van der Waals surface area contributed by atoms with E-state index in [4.69, 9.17) is 5.11 Å². The summed E-state index contributed by atoms with van der Waals surface area (Å²) in [5.41, 5.74) is -1.25. The molecule has 1 heterocycles. The topological polar surface area (TPSA) is 130 Å². The minimum atomic E-state index is -5.05. The highest BCUT2D eigenvalue weighted by molar-refractivity contribution is 7.92. The Morgan fingerprint density at radius 3 is 2.31 bits per heavy atom. The lowest BCUT2D eigenvalue weighted by atomic mass is 10.2. The van der Waals surface area contributed by atoms with E-state index < -0.39 is 60.9 Å². The van der Waals surface area contributed by atoms with Crippen LogP contribution in [-0.4, -0.2) is 63.2 Å². The van der Waals surface area contributed by atoms with Crippen molar-refractivity contribution in [3.63, 3.8) is 0 Å². The second-order valence-electron chi connectivity index (χ2n) is 5.22. The highest BCUT2D eigenvalue weighted by Gasteiger charge is 2.33. The summed E-state index contributed by atoms with van der Waals surface area (Å²) in [6.07, 6.45) is -5.05. The Balaban J connectivity index is 2.31. The average Bonchev–Trinajstić information content (AvgIpc) is 2.44. The number of hydrogen-bond acceptors (Lipinski definition) is 6. The molecule has 1 fully saturated rings. The van der Waals surface area contributed by atoms with Crippen LogP contribution in [0.25, 0.3) is 0 Å². The van der Waals surface area contributed by atoms with E-state index >= 15 is 0 Å². The molecule has 14 heteroatoms. The second kappa shape index (κ2) is 6.92. The number of benzene rings is 1. The van der Waals surface area contributed by atoms with Gasteiger partial charge in [0.2, 0.25) is 0 Å². The molecule has 0 bridgehead atoms. The summed E-state index contributed by atoms with van der Waals surface area (Å²) in [5, 5.41) is 9.07. The molecule has 1 aromatic carbocycles. The largest absolute Gasteiger partial charge is 0.573 e. The number of halogens is 3. The fourth-order valence-corrected chi connectivity index (χ4v) is 4.80. The Labute approximate surface area is 146 Å². The molecule has 0 atom stereocenters. The Hall–Kier alpha value is -2.06. The zero-order valence-electron chi connectivity index (χ0n) is 12.9. The molecule has 2 rings (SSSR count). The van der Waals surface area contributed by atoms with Crippen LogP contribution in [0.2, 0.25) is 0 Å². The molecule has 0 unspecified atom stereocenters. The van der Waals surface area contributed by atoms with Crippen LogP contribution in [0.1, 0.15) is 10.4 Å². The predicted octanol–water partition coefficient (Wildman–Crippen LogP) is 0.671. The SMILES string of the molecule is O=C(O)c1ccc(OC(F)(F)F)cc1NS(=O)(=O)N1CCS(=O)(=O)CC1. The first-order valence-electron chi connectivity index (χ1n) is 6.90. The Morgan fingerprint density at radius 2 is 1.81 bits per heavy atom. The summed E-state index contributed by atoms with van der Waals surface area (Å²) in [5.74, 6) is -3.24. The molecule has 0 aliphatic carbocycles. The van der Waals surface area contributed by atoms with Crippen molar-refractivity contribution in [1.82, 2.24) is 4.31 Å². The van der Waals surface area contributed by atoms with E-state index in [0.717, 1.165) is 16.4 Å². The molecule has 0 saturated carbocycles. The summed E-state index contributed by atoms with van der Waals surface area (Å²) in [6, 6.07) is 2.05. The molecule has 26 heavy (non-hydrogen) atoms. The smallest absolute Gasteiger partial charge is 0.478 e. The van der Waals surface area contributed by atoms with Crippen LogP contribution in [0.15, 0.2) is 18.2 Å². The Bertz CT molecular complexity index is 899. The second-order valence-corrected chi connectivity index (χ2v) is 9.19. The van der Waals surface area contributed by atoms with Crippen LogP contribution >= 0.6 is 0 Å². The number of sulfone groups is 1. The van der Waals surface area contributed by atoms with Crippen LogP contribution < -0.4 is 9.46 Å². The van der Waals surface area contributed by atoms with Gasteiger partial charge in [-0.05, 0) is 12.1 Å². The molecule has 0 aromatic heterocycles. The lowest BCUT2D eigenvalue weighted by molar-refractivity contribution is -0.274. The molecule has 9 nitrogen and oxygen atoms in total. The molecule has 1 aliphatic heterocycles. The van der Waals surface area contributed by atoms with Crippen molar-refractivity contribution in [3.05, 3.63) is 23.8 Å². The van der Waals surface area contributed by atoms with Crippen molar-refractivity contribution in [2.75, 3.05) is 29.3 Å². The van der Waals surface area contributed by atoms with Gasteiger partial charge in [-0.15, -0.1) is 13.2 Å². The van der Waals surface area contributed by atoms with Crippen molar-refractivity contribution in [2.45, 2.75) is 6.36 Å². The van der Waals surface area contributed by atoms with Gasteiger partial charge < -0.3 is 9.84 Å². The number of rotatable bonds is 5. The van der Waals surface area contributed by atoms with Gasteiger partial charge in [0.05, 0.1) is 22.8 Å². The molecule has 0 amide bonds. The first-order valence-corrected chi connectivity index (χ1v) is 10.2. The van der Waals surface area contributed by atoms with Crippen molar-refractivity contribution in [2.24, 2.45) is 0 Å². The van der Waals surface area contributed by atoms with Crippen LogP contribution in [0, 0.1) is 0 Å². The van der Waals surface area contributed by atoms with Crippen LogP contribution in [-0.2, 0) is 20.0 Å². The van der Waals surface area contributed by atoms with Crippen LogP contribution in [0.4, 0.5) is 18.9 Å². The van der Waals surface area contributed by atoms with Crippen molar-refractivity contribution >= 4 is 31.7 Å². The number of carboxylic acids is 1.